The van der Waals surface area contributed by atoms with E-state index in [2.05, 4.69) is 25.7 Å². The molecule has 2 amide bonds. The molecule has 1 aliphatic heterocycles. The normalized spacial score (nSPS) is 15.8. The van der Waals surface area contributed by atoms with E-state index in [1.807, 2.05) is 13.0 Å². The zero-order valence-electron chi connectivity index (χ0n) is 14.3. The third kappa shape index (κ3) is 3.39. The van der Waals surface area contributed by atoms with Gasteiger partial charge in [-0.25, -0.2) is 4.68 Å². The number of pyridine rings is 1. The molecule has 136 valence electrons. The van der Waals surface area contributed by atoms with Gasteiger partial charge in [-0.2, -0.15) is 4.98 Å². The Bertz CT molecular complexity index is 1030. The molecule has 3 heterocycles. The molecule has 2 N–H and O–H groups in total. The summed E-state index contributed by atoms with van der Waals surface area (Å²) >= 11 is 6.19. The molecule has 8 nitrogen and oxygen atoms in total. The summed E-state index contributed by atoms with van der Waals surface area (Å²) in [5.41, 5.74) is 2.15. The van der Waals surface area contributed by atoms with E-state index >= 15 is 0 Å². The van der Waals surface area contributed by atoms with Crippen LogP contribution in [0.4, 0.5) is 11.6 Å². The zero-order valence-corrected chi connectivity index (χ0v) is 15.1. The minimum atomic E-state index is -0.830. The average Bonchev–Trinajstić information content (AvgIpc) is 3.08. The number of amides is 2. The quantitative estimate of drug-likeness (QED) is 0.725. The molecule has 0 saturated carbocycles. The number of halogens is 1. The molecule has 4 rings (SSSR count). The number of carbonyl (C=O) groups excluding carboxylic acids is 2. The van der Waals surface area contributed by atoms with Crippen molar-refractivity contribution in [2.24, 2.45) is 0 Å². The van der Waals surface area contributed by atoms with Crippen LogP contribution in [0.5, 0.6) is 0 Å². The van der Waals surface area contributed by atoms with E-state index in [9.17, 15) is 9.59 Å². The second-order valence-electron chi connectivity index (χ2n) is 6.19. The fourth-order valence-electron chi connectivity index (χ4n) is 2.82. The summed E-state index contributed by atoms with van der Waals surface area (Å²) in [6.45, 7) is 1.91. The van der Waals surface area contributed by atoms with Gasteiger partial charge in [0, 0.05) is 18.0 Å². The second-order valence-corrected chi connectivity index (χ2v) is 6.59. The Balaban J connectivity index is 1.65. The molecule has 0 bridgehead atoms. The van der Waals surface area contributed by atoms with Crippen molar-refractivity contribution in [1.82, 2.24) is 19.7 Å². The summed E-state index contributed by atoms with van der Waals surface area (Å²) in [6.07, 6.45) is 3.21. The van der Waals surface area contributed by atoms with Gasteiger partial charge >= 0.3 is 0 Å². The standard InChI is InChI=1S/C18H15ClN6O2/c1-10-4-5-13(12(19)7-10)21-17(27)14-8-15(26)22-18-23-16(24-25(14)18)11-3-2-6-20-9-11/h2-7,9,14H,8H2,1H3,(H,21,27)(H,22,23,24,26)/t14-/m0/s1. The molecule has 0 unspecified atom stereocenters. The van der Waals surface area contributed by atoms with Crippen molar-refractivity contribution in [3.05, 3.63) is 53.3 Å². The van der Waals surface area contributed by atoms with Crippen molar-refractivity contribution in [3.63, 3.8) is 0 Å². The van der Waals surface area contributed by atoms with Gasteiger partial charge in [0.2, 0.25) is 17.8 Å². The van der Waals surface area contributed by atoms with Gasteiger partial charge in [-0.15, -0.1) is 5.10 Å². The second kappa shape index (κ2) is 6.81. The van der Waals surface area contributed by atoms with Gasteiger partial charge in [-0.05, 0) is 36.8 Å². The third-order valence-corrected chi connectivity index (χ3v) is 4.47. The molecule has 0 spiro atoms. The fraction of sp³-hybridized carbons (Fsp3) is 0.167. The van der Waals surface area contributed by atoms with E-state index < -0.39 is 6.04 Å². The number of anilines is 2. The molecule has 9 heteroatoms. The number of rotatable bonds is 3. The average molecular weight is 383 g/mol. The minimum absolute atomic E-state index is 0.0435. The van der Waals surface area contributed by atoms with Gasteiger partial charge in [0.25, 0.3) is 0 Å². The number of aryl methyl sites for hydroxylation is 1. The molecular weight excluding hydrogens is 368 g/mol. The van der Waals surface area contributed by atoms with Crippen molar-refractivity contribution < 1.29 is 9.59 Å². The summed E-state index contributed by atoms with van der Waals surface area (Å²) in [5, 5.41) is 10.2. The monoisotopic (exact) mass is 382 g/mol. The van der Waals surface area contributed by atoms with Gasteiger partial charge in [0.05, 0.1) is 17.1 Å². The number of hydrogen-bond donors (Lipinski definition) is 2. The summed E-state index contributed by atoms with van der Waals surface area (Å²) in [6, 6.07) is 8.06. The maximum absolute atomic E-state index is 12.8. The van der Waals surface area contributed by atoms with E-state index in [4.69, 9.17) is 11.6 Å². The summed E-state index contributed by atoms with van der Waals surface area (Å²) < 4.78 is 1.42. The lowest BCUT2D eigenvalue weighted by Crippen LogP contribution is -2.36. The van der Waals surface area contributed by atoms with Crippen LogP contribution < -0.4 is 10.6 Å². The highest BCUT2D eigenvalue weighted by Gasteiger charge is 2.33. The molecule has 1 aliphatic rings. The predicted molar refractivity (Wildman–Crippen MR) is 100 cm³/mol. The van der Waals surface area contributed by atoms with Crippen LogP contribution in [0, 0.1) is 6.92 Å². The highest BCUT2D eigenvalue weighted by Crippen LogP contribution is 2.29. The number of hydrogen-bond acceptors (Lipinski definition) is 5. The maximum atomic E-state index is 12.8. The number of carbonyl (C=O) groups is 2. The Kier molecular flexibility index (Phi) is 4.33. The van der Waals surface area contributed by atoms with Gasteiger partial charge in [0.1, 0.15) is 6.04 Å². The first kappa shape index (κ1) is 17.2. The smallest absolute Gasteiger partial charge is 0.249 e. The number of fused-ring (bicyclic) bond motifs is 1. The van der Waals surface area contributed by atoms with Crippen LogP contribution >= 0.6 is 11.6 Å². The molecule has 0 aliphatic carbocycles. The van der Waals surface area contributed by atoms with Crippen LogP contribution in [0.1, 0.15) is 18.0 Å². The van der Waals surface area contributed by atoms with Crippen molar-refractivity contribution in [3.8, 4) is 11.4 Å². The SMILES string of the molecule is Cc1ccc(NC(=O)[C@@H]2CC(=O)Nc3nc(-c4cccnc4)nn32)c(Cl)c1. The van der Waals surface area contributed by atoms with Crippen molar-refractivity contribution in [1.29, 1.82) is 0 Å². The Morgan fingerprint density at radius 3 is 2.96 bits per heavy atom. The zero-order chi connectivity index (χ0) is 19.0. The predicted octanol–water partition coefficient (Wildman–Crippen LogP) is 2.82. The van der Waals surface area contributed by atoms with Gasteiger partial charge in [0.15, 0.2) is 5.82 Å². The minimum Gasteiger partial charge on any atom is -0.323 e. The number of aromatic nitrogens is 4. The highest BCUT2D eigenvalue weighted by molar-refractivity contribution is 6.33. The van der Waals surface area contributed by atoms with Crippen LogP contribution in [0.25, 0.3) is 11.4 Å². The molecule has 1 atom stereocenters. The van der Waals surface area contributed by atoms with E-state index in [1.165, 1.54) is 4.68 Å². The lowest BCUT2D eigenvalue weighted by atomic mass is 10.1. The topological polar surface area (TPSA) is 102 Å². The lowest BCUT2D eigenvalue weighted by molar-refractivity contribution is -0.125. The van der Waals surface area contributed by atoms with E-state index in [1.54, 1.807) is 36.7 Å². The van der Waals surface area contributed by atoms with Crippen LogP contribution in [-0.2, 0) is 9.59 Å². The van der Waals surface area contributed by atoms with Crippen molar-refractivity contribution in [2.75, 3.05) is 10.6 Å². The molecule has 27 heavy (non-hydrogen) atoms. The van der Waals surface area contributed by atoms with Crippen molar-refractivity contribution in [2.45, 2.75) is 19.4 Å². The molecule has 1 aromatic carbocycles. The van der Waals surface area contributed by atoms with Gasteiger partial charge < -0.3 is 5.32 Å². The first-order chi connectivity index (χ1) is 13.0. The highest BCUT2D eigenvalue weighted by atomic mass is 35.5. The number of benzene rings is 1. The van der Waals surface area contributed by atoms with Gasteiger partial charge in [-0.1, -0.05) is 17.7 Å². The number of nitrogens with one attached hydrogen (secondary N) is 2. The van der Waals surface area contributed by atoms with Crippen LogP contribution in [-0.4, -0.2) is 31.6 Å². The fourth-order valence-corrected chi connectivity index (χ4v) is 3.10. The van der Waals surface area contributed by atoms with E-state index in [-0.39, 0.29) is 24.2 Å². The summed E-state index contributed by atoms with van der Waals surface area (Å²) in [5.74, 6) is -0.0889. The van der Waals surface area contributed by atoms with Crippen LogP contribution in [0.15, 0.2) is 42.7 Å². The molecular formula is C18H15ClN6O2. The third-order valence-electron chi connectivity index (χ3n) is 4.16. The molecule has 2 aromatic heterocycles. The van der Waals surface area contributed by atoms with Crippen LogP contribution in [0.3, 0.4) is 0 Å². The summed E-state index contributed by atoms with van der Waals surface area (Å²) in [7, 11) is 0. The Hall–Kier alpha value is -3.26. The first-order valence-electron chi connectivity index (χ1n) is 8.25. The lowest BCUT2D eigenvalue weighted by Gasteiger charge is -2.22. The largest absolute Gasteiger partial charge is 0.323 e. The molecule has 0 fully saturated rings. The Morgan fingerprint density at radius 1 is 1.37 bits per heavy atom. The Labute approximate surface area is 159 Å². The number of nitrogens with zero attached hydrogens (tertiary/aromatic N) is 4. The molecule has 3 aromatic rings. The Morgan fingerprint density at radius 2 is 2.22 bits per heavy atom. The van der Waals surface area contributed by atoms with Gasteiger partial charge in [-0.3, -0.25) is 19.9 Å². The van der Waals surface area contributed by atoms with E-state index in [0.29, 0.717) is 22.1 Å². The summed E-state index contributed by atoms with van der Waals surface area (Å²) in [4.78, 5) is 33.2. The van der Waals surface area contributed by atoms with Crippen LogP contribution in [0.2, 0.25) is 5.02 Å². The maximum Gasteiger partial charge on any atom is 0.249 e. The molecule has 0 radical (unpaired) electrons. The van der Waals surface area contributed by atoms with E-state index in [0.717, 1.165) is 5.56 Å². The first-order valence-corrected chi connectivity index (χ1v) is 8.63. The van der Waals surface area contributed by atoms with Crippen molar-refractivity contribution >= 4 is 35.1 Å². The molecule has 0 saturated heterocycles.